The summed E-state index contributed by atoms with van der Waals surface area (Å²) in [5.74, 6) is 4.64. The van der Waals surface area contributed by atoms with E-state index in [9.17, 15) is 0 Å². The molecule has 0 unspecified atom stereocenters. The zero-order valence-electron chi connectivity index (χ0n) is 27.0. The topological polar surface area (TPSA) is 27.7 Å². The number of para-hydroxylation sites is 3. The molecule has 0 saturated heterocycles. The minimum absolute atomic E-state index is 0.312. The van der Waals surface area contributed by atoms with Gasteiger partial charge in [-0.1, -0.05) is 138 Å². The number of rotatable bonds is 12. The first-order valence-electron chi connectivity index (χ1n) is 15.2. The highest BCUT2D eigenvalue weighted by molar-refractivity contribution is 6.39. The van der Waals surface area contributed by atoms with E-state index in [-0.39, 0.29) is 0 Å². The molecular weight excluding hydrogens is 507 g/mol. The Morgan fingerprint density at radius 1 is 0.350 bits per heavy atom. The Kier molecular flexibility index (Phi) is 11.2. The van der Waals surface area contributed by atoms with Crippen molar-refractivity contribution in [2.24, 2.45) is 0 Å². The third kappa shape index (κ3) is 7.45. The van der Waals surface area contributed by atoms with Crippen LogP contribution in [0.1, 0.15) is 152 Å². The first-order chi connectivity index (χ1) is 18.8. The first-order valence-corrected chi connectivity index (χ1v) is 16.6. The van der Waals surface area contributed by atoms with Crippen molar-refractivity contribution in [1.29, 1.82) is 0 Å². The van der Waals surface area contributed by atoms with Crippen LogP contribution in [-0.2, 0) is 0 Å². The van der Waals surface area contributed by atoms with E-state index in [1.165, 1.54) is 33.4 Å². The van der Waals surface area contributed by atoms with Gasteiger partial charge in [0.25, 0.3) is 0 Å². The van der Waals surface area contributed by atoms with Crippen LogP contribution in [0.4, 0.5) is 0 Å². The van der Waals surface area contributed by atoms with E-state index < -0.39 is 15.1 Å². The van der Waals surface area contributed by atoms with Crippen molar-refractivity contribution >= 4 is 15.1 Å². The normalized spacial score (nSPS) is 11.8. The fourth-order valence-electron chi connectivity index (χ4n) is 5.22. The highest BCUT2D eigenvalue weighted by Gasteiger charge is 2.47. The molecule has 0 aliphatic heterocycles. The zero-order chi connectivity index (χ0) is 29.7. The summed E-state index contributed by atoms with van der Waals surface area (Å²) in [6.45, 7) is 26.7. The van der Waals surface area contributed by atoms with Crippen molar-refractivity contribution in [2.75, 3.05) is 0 Å². The lowest BCUT2D eigenvalue weighted by molar-refractivity contribution is 0.296. The third-order valence-electron chi connectivity index (χ3n) is 7.60. The molecule has 0 aliphatic rings. The van der Waals surface area contributed by atoms with Crippen molar-refractivity contribution < 1.29 is 11.4 Å². The van der Waals surface area contributed by atoms with Crippen LogP contribution in [0.5, 0.6) is 17.2 Å². The molecule has 0 aromatic heterocycles. The van der Waals surface area contributed by atoms with E-state index in [4.69, 9.17) is 11.4 Å². The summed E-state index contributed by atoms with van der Waals surface area (Å²) in [7, 11) is 0. The van der Waals surface area contributed by atoms with Crippen LogP contribution in [0, 0.1) is 0 Å². The van der Waals surface area contributed by atoms with Gasteiger partial charge in [0.15, 0.2) is 0 Å². The molecule has 0 amide bonds. The Morgan fingerprint density at radius 3 is 0.675 bits per heavy atom. The van der Waals surface area contributed by atoms with Crippen LogP contribution in [0.25, 0.3) is 0 Å². The second kappa shape index (κ2) is 14.0. The number of benzene rings is 3. The van der Waals surface area contributed by atoms with Gasteiger partial charge in [-0.15, -0.1) is 0 Å². The molecule has 4 heteroatoms. The Balaban J connectivity index is 2.25. The third-order valence-corrected chi connectivity index (χ3v) is 8.89. The van der Waals surface area contributed by atoms with Gasteiger partial charge in [-0.25, -0.2) is 0 Å². The van der Waals surface area contributed by atoms with Crippen LogP contribution < -0.4 is 11.4 Å². The van der Waals surface area contributed by atoms with Gasteiger partial charge in [0.05, 0.1) is 17.2 Å². The highest BCUT2D eigenvalue weighted by atomic mass is 27.3. The first kappa shape index (κ1) is 32.1. The summed E-state index contributed by atoms with van der Waals surface area (Å²) in [5.41, 5.74) is 7.16. The molecule has 3 aromatic carbocycles. The monoisotopic (exact) mass is 558 g/mol. The smallest absolute Gasteiger partial charge is 0.577 e. The Bertz CT molecular complexity index is 1020. The molecule has 0 spiro atoms. The number of hydrogen-bond acceptors (Lipinski definition) is 3. The van der Waals surface area contributed by atoms with Gasteiger partial charge in [0.2, 0.25) is 0 Å². The summed E-state index contributed by atoms with van der Waals surface area (Å²) < 4.78 is 21.1. The summed E-state index contributed by atoms with van der Waals surface area (Å²) >= 11 is -2.83. The molecule has 0 bridgehead atoms. The fourth-order valence-corrected chi connectivity index (χ4v) is 6.76. The van der Waals surface area contributed by atoms with E-state index in [1.807, 2.05) is 0 Å². The summed E-state index contributed by atoms with van der Waals surface area (Å²) in [6, 6.07) is 19.5. The van der Waals surface area contributed by atoms with Gasteiger partial charge in [-0.05, 0) is 68.9 Å². The van der Waals surface area contributed by atoms with Crippen molar-refractivity contribution in [3.05, 3.63) is 88.0 Å². The molecule has 0 aliphatic carbocycles. The van der Waals surface area contributed by atoms with Crippen LogP contribution >= 0.6 is 0 Å². The molecule has 0 radical (unpaired) electrons. The molecule has 0 saturated carbocycles. The Labute approximate surface area is 249 Å². The van der Waals surface area contributed by atoms with Gasteiger partial charge in [0.1, 0.15) is 0 Å². The lowest BCUT2D eigenvalue weighted by atomic mass is 9.94. The predicted molar refractivity (Wildman–Crippen MR) is 171 cm³/mol. The molecule has 3 nitrogen and oxygen atoms in total. The molecule has 0 N–H and O–H groups in total. The van der Waals surface area contributed by atoms with E-state index >= 15 is 0 Å². The van der Waals surface area contributed by atoms with Crippen molar-refractivity contribution in [1.82, 2.24) is 0 Å². The van der Waals surface area contributed by atoms with Crippen LogP contribution in [0.2, 0.25) is 0 Å². The van der Waals surface area contributed by atoms with E-state index in [0.717, 1.165) is 17.2 Å². The molecule has 40 heavy (non-hydrogen) atoms. The summed E-state index contributed by atoms with van der Waals surface area (Å²) in [4.78, 5) is 0. The van der Waals surface area contributed by atoms with E-state index in [1.54, 1.807) is 0 Å². The molecule has 0 atom stereocenters. The maximum atomic E-state index is 7.04. The molecule has 0 heterocycles. The zero-order valence-corrected chi connectivity index (χ0v) is 28.1. The van der Waals surface area contributed by atoms with Gasteiger partial charge in [-0.2, -0.15) is 0 Å². The lowest BCUT2D eigenvalue weighted by Gasteiger charge is -2.28. The van der Waals surface area contributed by atoms with Gasteiger partial charge in [-0.3, -0.25) is 0 Å². The Hall–Kier alpha value is -2.41. The standard InChI is InChI=1S/3C12H18O.Al/c3*1-8(2)10-6-5-7-11(9(3)4)12(10)13;/h3*5-9,13H,1-4H3;/q;;;+3/p-3. The second-order valence-electron chi connectivity index (χ2n) is 12.9. The highest BCUT2D eigenvalue weighted by Crippen LogP contribution is 2.40. The fraction of sp³-hybridized carbons (Fsp3) is 0.500. The molecule has 3 rings (SSSR count). The summed E-state index contributed by atoms with van der Waals surface area (Å²) in [5, 5.41) is 0. The summed E-state index contributed by atoms with van der Waals surface area (Å²) in [6.07, 6.45) is 0. The maximum absolute atomic E-state index is 7.04. The van der Waals surface area contributed by atoms with E-state index in [0.29, 0.717) is 35.5 Å². The van der Waals surface area contributed by atoms with Crippen LogP contribution in [-0.4, -0.2) is 15.1 Å². The van der Waals surface area contributed by atoms with Gasteiger partial charge < -0.3 is 11.4 Å². The van der Waals surface area contributed by atoms with Gasteiger partial charge >= 0.3 is 15.1 Å². The van der Waals surface area contributed by atoms with Crippen molar-refractivity contribution in [3.8, 4) is 17.2 Å². The predicted octanol–water partition coefficient (Wildman–Crippen LogP) is 10.9. The minimum Gasteiger partial charge on any atom is -0.577 e. The van der Waals surface area contributed by atoms with Crippen LogP contribution in [0.3, 0.4) is 0 Å². The lowest BCUT2D eigenvalue weighted by Crippen LogP contribution is -2.39. The van der Waals surface area contributed by atoms with Crippen LogP contribution in [0.15, 0.2) is 54.6 Å². The van der Waals surface area contributed by atoms with Crippen molar-refractivity contribution in [3.63, 3.8) is 0 Å². The van der Waals surface area contributed by atoms with E-state index in [2.05, 4.69) is 138 Å². The molecule has 0 fully saturated rings. The second-order valence-corrected chi connectivity index (χ2v) is 14.2. The molecule has 216 valence electrons. The molecular formula is C36H51AlO3. The Morgan fingerprint density at radius 2 is 0.525 bits per heavy atom. The quantitative estimate of drug-likeness (QED) is 0.207. The SMILES string of the molecule is CC(C)c1cccc(C(C)C)c1[O][Al]([O]c1c(C(C)C)cccc1C(C)C)[O]c1c(C(C)C)cccc1C(C)C. The maximum Gasteiger partial charge on any atom is 1.20 e. The van der Waals surface area contributed by atoms with Crippen molar-refractivity contribution in [2.45, 2.75) is 119 Å². The average Bonchev–Trinajstić information content (AvgIpc) is 2.88. The molecule has 3 aromatic rings. The number of hydrogen-bond donors (Lipinski definition) is 0. The largest absolute Gasteiger partial charge is 1.20 e. The minimum atomic E-state index is -2.83. The van der Waals surface area contributed by atoms with Gasteiger partial charge in [0, 0.05) is 0 Å². The average molecular weight is 559 g/mol.